The van der Waals surface area contributed by atoms with Crippen molar-refractivity contribution in [3.05, 3.63) is 48.1 Å². The molecule has 0 radical (unpaired) electrons. The highest BCUT2D eigenvalue weighted by atomic mass is 16.2. The van der Waals surface area contributed by atoms with Gasteiger partial charge in [-0.3, -0.25) is 4.79 Å². The lowest BCUT2D eigenvalue weighted by Crippen LogP contribution is -2.05. The molecule has 1 heterocycles. The molecule has 0 fully saturated rings. The normalized spacial score (nSPS) is 16.7. The van der Waals surface area contributed by atoms with Gasteiger partial charge in [0.2, 0.25) is 0 Å². The number of fused-ring (bicyclic) bond motifs is 1. The average Bonchev–Trinajstić information content (AvgIpc) is 2.62. The van der Waals surface area contributed by atoms with Gasteiger partial charge in [-0.1, -0.05) is 29.8 Å². The van der Waals surface area contributed by atoms with Crippen LogP contribution in [-0.4, -0.2) is 5.91 Å². The van der Waals surface area contributed by atoms with Crippen LogP contribution in [0.25, 0.3) is 5.57 Å². The number of para-hydroxylation sites is 1. The molecule has 0 aromatic heterocycles. The van der Waals surface area contributed by atoms with E-state index < -0.39 is 0 Å². The Balaban J connectivity index is 2.41. The van der Waals surface area contributed by atoms with Crippen LogP contribution in [0.5, 0.6) is 0 Å². The largest absolute Gasteiger partial charge is 0.321 e. The predicted octanol–water partition coefficient (Wildman–Crippen LogP) is 3.38. The predicted molar refractivity (Wildman–Crippen MR) is 67.1 cm³/mol. The van der Waals surface area contributed by atoms with E-state index in [-0.39, 0.29) is 5.91 Å². The number of carbonyl (C=O) groups is 1. The molecule has 0 saturated carbocycles. The van der Waals surface area contributed by atoms with E-state index in [1.807, 2.05) is 37.3 Å². The number of amides is 1. The summed E-state index contributed by atoms with van der Waals surface area (Å²) in [6, 6.07) is 7.81. The molecule has 0 aliphatic carbocycles. The third-order valence-corrected chi connectivity index (χ3v) is 2.82. The Hall–Kier alpha value is -1.83. The maximum Gasteiger partial charge on any atom is 0.256 e. The summed E-state index contributed by atoms with van der Waals surface area (Å²) in [6.07, 6.45) is 3.67. The molecule has 16 heavy (non-hydrogen) atoms. The molecule has 0 atom stereocenters. The summed E-state index contributed by atoms with van der Waals surface area (Å²) in [4.78, 5) is 11.8. The van der Waals surface area contributed by atoms with Gasteiger partial charge in [0.1, 0.15) is 0 Å². The molecule has 0 saturated heterocycles. The molecule has 2 heteroatoms. The summed E-state index contributed by atoms with van der Waals surface area (Å²) >= 11 is 0. The van der Waals surface area contributed by atoms with Gasteiger partial charge < -0.3 is 5.32 Å². The second-order valence-corrected chi connectivity index (χ2v) is 3.98. The van der Waals surface area contributed by atoms with Crippen molar-refractivity contribution < 1.29 is 4.79 Å². The number of allylic oxidation sites excluding steroid dienone is 2. The molecule has 0 unspecified atom stereocenters. The van der Waals surface area contributed by atoms with Crippen LogP contribution in [-0.2, 0) is 4.79 Å². The van der Waals surface area contributed by atoms with Crippen LogP contribution in [0.1, 0.15) is 25.3 Å². The number of nitrogens with one attached hydrogen (secondary N) is 1. The standard InChI is InChI=1S/C14H15NO/c1-3-4-7-10(2)13-11-8-5-6-9-12(11)15-14(13)16/h3,5-6,8-9H,1,4,7H2,2H3,(H,15,16)/b13-10-. The molecule has 1 amide bonds. The minimum Gasteiger partial charge on any atom is -0.321 e. The van der Waals surface area contributed by atoms with Crippen molar-refractivity contribution in [3.63, 3.8) is 0 Å². The Kier molecular flexibility index (Phi) is 2.91. The highest BCUT2D eigenvalue weighted by Gasteiger charge is 2.24. The highest BCUT2D eigenvalue weighted by molar-refractivity contribution is 6.32. The first-order chi connectivity index (χ1) is 7.74. The second-order valence-electron chi connectivity index (χ2n) is 3.98. The highest BCUT2D eigenvalue weighted by Crippen LogP contribution is 2.34. The summed E-state index contributed by atoms with van der Waals surface area (Å²) in [5.74, 6) is 0.0164. The average molecular weight is 213 g/mol. The van der Waals surface area contributed by atoms with Crippen LogP contribution in [0.15, 0.2) is 42.5 Å². The lowest BCUT2D eigenvalue weighted by atomic mass is 9.99. The third-order valence-electron chi connectivity index (χ3n) is 2.82. The Morgan fingerprint density at radius 1 is 1.44 bits per heavy atom. The van der Waals surface area contributed by atoms with Crippen molar-refractivity contribution in [1.29, 1.82) is 0 Å². The molecular formula is C14H15NO. The Labute approximate surface area is 95.7 Å². The van der Waals surface area contributed by atoms with E-state index >= 15 is 0 Å². The zero-order valence-corrected chi connectivity index (χ0v) is 9.42. The quantitative estimate of drug-likeness (QED) is 0.605. The van der Waals surface area contributed by atoms with Crippen molar-refractivity contribution in [2.45, 2.75) is 19.8 Å². The third kappa shape index (κ3) is 1.78. The summed E-state index contributed by atoms with van der Waals surface area (Å²) < 4.78 is 0. The fourth-order valence-electron chi connectivity index (χ4n) is 1.98. The Morgan fingerprint density at radius 3 is 2.94 bits per heavy atom. The molecule has 1 aromatic carbocycles. The van der Waals surface area contributed by atoms with Crippen LogP contribution in [0, 0.1) is 0 Å². The molecule has 2 nitrogen and oxygen atoms in total. The van der Waals surface area contributed by atoms with Gasteiger partial charge in [0, 0.05) is 16.8 Å². The molecule has 1 aromatic rings. The zero-order valence-electron chi connectivity index (χ0n) is 9.42. The first kappa shape index (κ1) is 10.7. The first-order valence-corrected chi connectivity index (χ1v) is 5.45. The van der Waals surface area contributed by atoms with Gasteiger partial charge in [0.15, 0.2) is 0 Å². The summed E-state index contributed by atoms with van der Waals surface area (Å²) in [7, 11) is 0. The van der Waals surface area contributed by atoms with Crippen LogP contribution >= 0.6 is 0 Å². The number of hydrogen-bond acceptors (Lipinski definition) is 1. The number of anilines is 1. The molecule has 2 rings (SSSR count). The van der Waals surface area contributed by atoms with E-state index in [4.69, 9.17) is 0 Å². The summed E-state index contributed by atoms with van der Waals surface area (Å²) in [5.41, 5.74) is 3.90. The van der Waals surface area contributed by atoms with Gasteiger partial charge >= 0.3 is 0 Å². The minimum atomic E-state index is 0.0164. The molecular weight excluding hydrogens is 198 g/mol. The van der Waals surface area contributed by atoms with Gasteiger partial charge in [-0.05, 0) is 25.8 Å². The van der Waals surface area contributed by atoms with Crippen LogP contribution in [0.4, 0.5) is 5.69 Å². The smallest absolute Gasteiger partial charge is 0.256 e. The Morgan fingerprint density at radius 2 is 2.19 bits per heavy atom. The topological polar surface area (TPSA) is 29.1 Å². The summed E-state index contributed by atoms with van der Waals surface area (Å²) in [6.45, 7) is 5.71. The lowest BCUT2D eigenvalue weighted by molar-refractivity contribution is -0.110. The number of benzene rings is 1. The van der Waals surface area contributed by atoms with Gasteiger partial charge in [0.05, 0.1) is 0 Å². The Bertz CT molecular complexity index is 471. The molecule has 0 bridgehead atoms. The maximum absolute atomic E-state index is 11.8. The number of carbonyl (C=O) groups excluding carboxylic acids is 1. The van der Waals surface area contributed by atoms with E-state index in [0.29, 0.717) is 0 Å². The van der Waals surface area contributed by atoms with E-state index in [1.165, 1.54) is 0 Å². The second kappa shape index (κ2) is 4.35. The SMILES string of the molecule is C=CCC/C(C)=C1\C(=O)Nc2ccccc21. The lowest BCUT2D eigenvalue weighted by Gasteiger charge is -2.03. The number of rotatable bonds is 3. The van der Waals surface area contributed by atoms with Gasteiger partial charge in [-0.15, -0.1) is 6.58 Å². The zero-order chi connectivity index (χ0) is 11.5. The van der Waals surface area contributed by atoms with Gasteiger partial charge in [-0.25, -0.2) is 0 Å². The number of hydrogen-bond donors (Lipinski definition) is 1. The molecule has 0 spiro atoms. The monoisotopic (exact) mass is 213 g/mol. The minimum absolute atomic E-state index is 0.0164. The van der Waals surface area contributed by atoms with Gasteiger partial charge in [-0.2, -0.15) is 0 Å². The van der Waals surface area contributed by atoms with E-state index in [2.05, 4.69) is 11.9 Å². The summed E-state index contributed by atoms with van der Waals surface area (Å²) in [5, 5.41) is 2.88. The fourth-order valence-corrected chi connectivity index (χ4v) is 1.98. The van der Waals surface area contributed by atoms with Crippen molar-refractivity contribution in [2.75, 3.05) is 5.32 Å². The van der Waals surface area contributed by atoms with Crippen molar-refractivity contribution in [1.82, 2.24) is 0 Å². The van der Waals surface area contributed by atoms with E-state index in [0.717, 1.165) is 35.2 Å². The van der Waals surface area contributed by atoms with E-state index in [1.54, 1.807) is 0 Å². The van der Waals surface area contributed by atoms with Crippen molar-refractivity contribution >= 4 is 17.2 Å². The fraction of sp³-hybridized carbons (Fsp3) is 0.214. The van der Waals surface area contributed by atoms with Gasteiger partial charge in [0.25, 0.3) is 5.91 Å². The maximum atomic E-state index is 11.8. The van der Waals surface area contributed by atoms with Crippen LogP contribution in [0.3, 0.4) is 0 Å². The van der Waals surface area contributed by atoms with Crippen molar-refractivity contribution in [3.8, 4) is 0 Å². The van der Waals surface area contributed by atoms with Crippen LogP contribution < -0.4 is 5.32 Å². The molecule has 1 aliphatic rings. The molecule has 82 valence electrons. The van der Waals surface area contributed by atoms with E-state index in [9.17, 15) is 4.79 Å². The van der Waals surface area contributed by atoms with Crippen molar-refractivity contribution in [2.24, 2.45) is 0 Å². The molecule has 1 aliphatic heterocycles. The molecule has 1 N–H and O–H groups in total. The van der Waals surface area contributed by atoms with Crippen LogP contribution in [0.2, 0.25) is 0 Å². The first-order valence-electron chi connectivity index (χ1n) is 5.45.